The van der Waals surface area contributed by atoms with Crippen LogP contribution in [0.2, 0.25) is 0 Å². The lowest BCUT2D eigenvalue weighted by molar-refractivity contribution is -0.130. The monoisotopic (exact) mass is 492 g/mol. The summed E-state index contributed by atoms with van der Waals surface area (Å²) < 4.78 is 21.5. The first-order valence-electron chi connectivity index (χ1n) is 11.0. The second-order valence-electron chi connectivity index (χ2n) is 7.96. The maximum atomic E-state index is 12.2. The summed E-state index contributed by atoms with van der Waals surface area (Å²) in [5.41, 5.74) is 2.68. The van der Waals surface area contributed by atoms with E-state index in [9.17, 15) is 14.4 Å². The largest absolute Gasteiger partial charge is 0.489 e. The van der Waals surface area contributed by atoms with Crippen LogP contribution in [-0.4, -0.2) is 25.0 Å². The van der Waals surface area contributed by atoms with Crippen LogP contribution in [0.3, 0.4) is 0 Å². The lowest BCUT2D eigenvalue weighted by Crippen LogP contribution is -2.10. The molecule has 7 nitrogen and oxygen atoms in total. The van der Waals surface area contributed by atoms with E-state index in [1.54, 1.807) is 37.3 Å². The van der Waals surface area contributed by atoms with Crippen molar-refractivity contribution in [1.29, 1.82) is 0 Å². The van der Waals surface area contributed by atoms with Crippen molar-refractivity contribution in [2.75, 3.05) is 6.61 Å². The first-order chi connectivity index (χ1) is 17.0. The highest BCUT2D eigenvalue weighted by molar-refractivity contribution is 5.91. The van der Waals surface area contributed by atoms with Gasteiger partial charge in [0.05, 0.1) is 5.56 Å². The summed E-state index contributed by atoms with van der Waals surface area (Å²) in [6, 6.07) is 9.45. The number of hydrogen-bond acceptors (Lipinski definition) is 7. The van der Waals surface area contributed by atoms with Crippen molar-refractivity contribution < 1.29 is 33.3 Å². The van der Waals surface area contributed by atoms with Gasteiger partial charge in [-0.1, -0.05) is 43.0 Å². The summed E-state index contributed by atoms with van der Waals surface area (Å²) in [5.74, 6) is -0.311. The van der Waals surface area contributed by atoms with Crippen LogP contribution in [-0.2, 0) is 14.4 Å². The average molecular weight is 493 g/mol. The molecule has 0 bridgehead atoms. The molecule has 0 spiro atoms. The molecule has 190 valence electrons. The fourth-order valence-corrected chi connectivity index (χ4v) is 2.47. The molecular formula is C29H32O7. The minimum Gasteiger partial charge on any atom is -0.489 e. The van der Waals surface area contributed by atoms with E-state index in [0.717, 1.165) is 0 Å². The van der Waals surface area contributed by atoms with Crippen molar-refractivity contribution in [2.45, 2.75) is 34.6 Å². The Bertz CT molecular complexity index is 1150. The third kappa shape index (κ3) is 9.85. The molecule has 0 aliphatic heterocycles. The van der Waals surface area contributed by atoms with E-state index >= 15 is 0 Å². The molecule has 7 heteroatoms. The van der Waals surface area contributed by atoms with E-state index in [2.05, 4.69) is 19.7 Å². The van der Waals surface area contributed by atoms with Crippen molar-refractivity contribution in [2.24, 2.45) is 0 Å². The van der Waals surface area contributed by atoms with Gasteiger partial charge in [-0.25, -0.2) is 9.59 Å². The van der Waals surface area contributed by atoms with Gasteiger partial charge in [0.2, 0.25) is 0 Å². The Morgan fingerprint density at radius 2 is 1.36 bits per heavy atom. The molecule has 0 heterocycles. The Hall–Kier alpha value is -4.39. The molecule has 0 saturated carbocycles. The first kappa shape index (κ1) is 29.6. The minimum atomic E-state index is -0.652. The predicted molar refractivity (Wildman–Crippen MR) is 140 cm³/mol. The van der Waals surface area contributed by atoms with Crippen LogP contribution in [0.15, 0.2) is 85.0 Å². The zero-order valence-electron chi connectivity index (χ0n) is 21.4. The van der Waals surface area contributed by atoms with Gasteiger partial charge < -0.3 is 18.9 Å². The number of carbonyl (C=O) groups excluding carboxylic acids is 3. The molecule has 2 aromatic carbocycles. The van der Waals surface area contributed by atoms with E-state index in [1.807, 2.05) is 26.8 Å². The molecule has 0 fully saturated rings. The minimum absolute atomic E-state index is 0.111. The molecule has 2 rings (SSSR count). The molecule has 0 unspecified atom stereocenters. The second-order valence-corrected chi connectivity index (χ2v) is 7.96. The lowest BCUT2D eigenvalue weighted by atomic mass is 10.0. The average Bonchev–Trinajstić information content (AvgIpc) is 2.79. The van der Waals surface area contributed by atoms with Gasteiger partial charge in [-0.2, -0.15) is 0 Å². The van der Waals surface area contributed by atoms with Crippen LogP contribution < -0.4 is 18.9 Å². The lowest BCUT2D eigenvalue weighted by Gasteiger charge is -2.17. The summed E-state index contributed by atoms with van der Waals surface area (Å²) >= 11 is 0. The fraction of sp³-hybridized carbons (Fsp3) is 0.207. The molecule has 0 aliphatic carbocycles. The van der Waals surface area contributed by atoms with Crippen molar-refractivity contribution >= 4 is 18.4 Å². The Balaban J connectivity index is 0.00000150. The van der Waals surface area contributed by atoms with Gasteiger partial charge in [-0.05, 0) is 52.3 Å². The van der Waals surface area contributed by atoms with Crippen molar-refractivity contribution in [3.05, 3.63) is 85.0 Å². The van der Waals surface area contributed by atoms with E-state index in [4.69, 9.17) is 18.9 Å². The number of hydrogen-bond donors (Lipinski definition) is 0. The molecule has 0 amide bonds. The van der Waals surface area contributed by atoms with Gasteiger partial charge in [0, 0.05) is 23.3 Å². The Kier molecular flexibility index (Phi) is 12.2. The normalized spacial score (nSPS) is 9.92. The van der Waals surface area contributed by atoms with Crippen LogP contribution in [0.1, 0.15) is 34.6 Å². The van der Waals surface area contributed by atoms with Crippen LogP contribution in [0.5, 0.6) is 23.0 Å². The van der Waals surface area contributed by atoms with Gasteiger partial charge in [0.15, 0.2) is 0 Å². The predicted octanol–water partition coefficient (Wildman–Crippen LogP) is 6.39. The number of ether oxygens (including phenoxy) is 4. The van der Waals surface area contributed by atoms with E-state index < -0.39 is 11.9 Å². The zero-order valence-corrected chi connectivity index (χ0v) is 21.4. The van der Waals surface area contributed by atoms with Gasteiger partial charge >= 0.3 is 11.9 Å². The molecule has 2 aromatic rings. The number of benzene rings is 2. The quantitative estimate of drug-likeness (QED) is 0.125. The third-order valence-electron chi connectivity index (χ3n) is 4.05. The maximum Gasteiger partial charge on any atom is 0.338 e. The van der Waals surface area contributed by atoms with Crippen molar-refractivity contribution in [1.82, 2.24) is 0 Å². The molecule has 0 N–H and O–H groups in total. The Morgan fingerprint density at radius 1 is 0.833 bits per heavy atom. The Labute approximate surface area is 212 Å². The van der Waals surface area contributed by atoms with Gasteiger partial charge in [-0.15, -0.1) is 6.58 Å². The summed E-state index contributed by atoms with van der Waals surface area (Å²) in [7, 11) is 0. The van der Waals surface area contributed by atoms with Gasteiger partial charge in [0.1, 0.15) is 29.6 Å². The molecular weight excluding hydrogens is 460 g/mol. The first-order valence-corrected chi connectivity index (χ1v) is 11.0. The van der Waals surface area contributed by atoms with Crippen LogP contribution in [0.4, 0.5) is 0 Å². The van der Waals surface area contributed by atoms with E-state index in [1.165, 1.54) is 24.6 Å². The maximum absolute atomic E-state index is 12.2. The molecule has 36 heavy (non-hydrogen) atoms. The SMILES string of the molecule is C=C(C)C.C=C(C)C(=O)Oc1ccc(-c2c(OC/C=C/C)cc(OC=O)cc2OC(=O)C(=C)C)cc1. The van der Waals surface area contributed by atoms with E-state index in [0.29, 0.717) is 22.6 Å². The number of allylic oxidation sites excluding steroid dienone is 2. The van der Waals surface area contributed by atoms with Gasteiger partial charge in [0.25, 0.3) is 6.47 Å². The third-order valence-corrected chi connectivity index (χ3v) is 4.05. The van der Waals surface area contributed by atoms with E-state index in [-0.39, 0.29) is 35.7 Å². The summed E-state index contributed by atoms with van der Waals surface area (Å²) in [6.07, 6.45) is 3.61. The second kappa shape index (κ2) is 14.8. The highest BCUT2D eigenvalue weighted by atomic mass is 16.5. The molecule has 0 radical (unpaired) electrons. The molecule has 0 saturated heterocycles. The van der Waals surface area contributed by atoms with Crippen molar-refractivity contribution in [3.63, 3.8) is 0 Å². The van der Waals surface area contributed by atoms with Crippen LogP contribution >= 0.6 is 0 Å². The fourth-order valence-electron chi connectivity index (χ4n) is 2.47. The smallest absolute Gasteiger partial charge is 0.338 e. The Morgan fingerprint density at radius 3 is 1.86 bits per heavy atom. The summed E-state index contributed by atoms with van der Waals surface area (Å²) in [5, 5.41) is 0. The van der Waals surface area contributed by atoms with Crippen LogP contribution in [0, 0.1) is 0 Å². The number of rotatable bonds is 10. The van der Waals surface area contributed by atoms with Crippen molar-refractivity contribution in [3.8, 4) is 34.1 Å². The molecule has 0 atom stereocenters. The van der Waals surface area contributed by atoms with Crippen LogP contribution in [0.25, 0.3) is 11.1 Å². The summed E-state index contributed by atoms with van der Waals surface area (Å²) in [4.78, 5) is 34.8. The molecule has 0 aliphatic rings. The number of esters is 2. The van der Waals surface area contributed by atoms with Gasteiger partial charge in [-0.3, -0.25) is 4.79 Å². The number of carbonyl (C=O) groups is 3. The molecule has 0 aromatic heterocycles. The highest BCUT2D eigenvalue weighted by Crippen LogP contribution is 2.42. The zero-order chi connectivity index (χ0) is 27.3. The topological polar surface area (TPSA) is 88.1 Å². The summed E-state index contributed by atoms with van der Waals surface area (Å²) in [6.45, 7) is 20.1. The standard InChI is InChI=1S/C25H24O7.C4H8/c1-6-7-12-29-21-13-20(30-15-26)14-22(32-25(28)17(4)5)23(21)18-8-10-19(11-9-18)31-24(27)16(2)3;1-4(2)3/h6-11,13-15H,2,4,12H2,1,3,5H3;1H2,2-3H3/b7-6+;. The highest BCUT2D eigenvalue weighted by Gasteiger charge is 2.20.